The van der Waals surface area contributed by atoms with E-state index >= 15 is 0 Å². The Bertz CT molecular complexity index is 987. The molecule has 2 fully saturated rings. The van der Waals surface area contributed by atoms with Crippen molar-refractivity contribution in [1.29, 1.82) is 0 Å². The highest BCUT2D eigenvalue weighted by Crippen LogP contribution is 2.28. The van der Waals surface area contributed by atoms with Gasteiger partial charge in [0.2, 0.25) is 0 Å². The molecule has 0 aromatic heterocycles. The summed E-state index contributed by atoms with van der Waals surface area (Å²) in [4.78, 5) is 44.4. The fraction of sp³-hybridized carbons (Fsp3) is 0.476. The van der Waals surface area contributed by atoms with Crippen molar-refractivity contribution in [2.24, 2.45) is 0 Å². The topological polar surface area (TPSA) is 73.4 Å². The van der Waals surface area contributed by atoms with Gasteiger partial charge in [0.1, 0.15) is 11.4 Å². The fourth-order valence-corrected chi connectivity index (χ4v) is 4.33. The number of ether oxygens (including phenoxy) is 1. The maximum Gasteiger partial charge on any atom is 0.409 e. The minimum absolute atomic E-state index is 0.334. The average Bonchev–Trinajstić information content (AvgIpc) is 2.77. The Balaban J connectivity index is 1.41. The van der Waals surface area contributed by atoms with Crippen molar-refractivity contribution in [3.8, 4) is 0 Å². The van der Waals surface area contributed by atoms with Gasteiger partial charge in [0.05, 0.1) is 6.61 Å². The largest absolute Gasteiger partial charge is 0.450 e. The van der Waals surface area contributed by atoms with E-state index in [2.05, 4.69) is 4.90 Å². The maximum absolute atomic E-state index is 12.4. The molecule has 0 spiro atoms. The first kappa shape index (κ1) is 20.5. The lowest BCUT2D eigenvalue weighted by Crippen LogP contribution is -2.56. The Morgan fingerprint density at radius 1 is 0.900 bits per heavy atom. The van der Waals surface area contributed by atoms with Gasteiger partial charge >= 0.3 is 6.09 Å². The zero-order valence-corrected chi connectivity index (χ0v) is 17.7. The SMILES string of the molecule is CCOC(=O)N1CCN(c2c(N3CCN(c4cccc(Cl)c4)CC3)c(=O)c2=O)CC1. The predicted molar refractivity (Wildman–Crippen MR) is 118 cm³/mol. The van der Waals surface area contributed by atoms with Crippen LogP contribution in [0, 0.1) is 0 Å². The van der Waals surface area contributed by atoms with Gasteiger partial charge in [-0.25, -0.2) is 4.79 Å². The van der Waals surface area contributed by atoms with Crippen LogP contribution in [0.2, 0.25) is 5.02 Å². The first-order chi connectivity index (χ1) is 14.5. The highest BCUT2D eigenvalue weighted by atomic mass is 35.5. The molecule has 0 N–H and O–H groups in total. The van der Waals surface area contributed by atoms with E-state index in [1.54, 1.807) is 11.8 Å². The Morgan fingerprint density at radius 3 is 1.97 bits per heavy atom. The summed E-state index contributed by atoms with van der Waals surface area (Å²) in [5, 5.41) is 0.696. The number of nitrogens with zero attached hydrogens (tertiary/aromatic N) is 4. The van der Waals surface area contributed by atoms with Crippen LogP contribution in [0.4, 0.5) is 21.9 Å². The van der Waals surface area contributed by atoms with Crippen LogP contribution < -0.4 is 25.6 Å². The number of anilines is 3. The maximum atomic E-state index is 12.4. The Kier molecular flexibility index (Phi) is 5.85. The zero-order chi connectivity index (χ0) is 21.3. The van der Waals surface area contributed by atoms with Crippen LogP contribution in [0.3, 0.4) is 0 Å². The second kappa shape index (κ2) is 8.55. The molecular formula is C21H25ClN4O4. The van der Waals surface area contributed by atoms with Crippen molar-refractivity contribution in [2.75, 3.05) is 73.7 Å². The molecule has 160 valence electrons. The molecule has 2 aromatic carbocycles. The molecule has 8 nitrogen and oxygen atoms in total. The van der Waals surface area contributed by atoms with Crippen LogP contribution >= 0.6 is 11.6 Å². The molecule has 2 saturated heterocycles. The summed E-state index contributed by atoms with van der Waals surface area (Å²) in [6.07, 6.45) is -0.334. The number of carbonyl (C=O) groups excluding carboxylic acids is 1. The number of benzene rings is 1. The summed E-state index contributed by atoms with van der Waals surface area (Å²) >= 11 is 6.10. The number of rotatable bonds is 4. The number of hydrogen-bond donors (Lipinski definition) is 0. The summed E-state index contributed by atoms with van der Waals surface area (Å²) in [6, 6.07) is 7.73. The molecule has 2 aliphatic heterocycles. The minimum atomic E-state index is -0.424. The second-order valence-corrected chi connectivity index (χ2v) is 7.92. The van der Waals surface area contributed by atoms with Crippen molar-refractivity contribution in [2.45, 2.75) is 6.92 Å². The van der Waals surface area contributed by atoms with E-state index in [0.717, 1.165) is 18.8 Å². The number of halogens is 1. The van der Waals surface area contributed by atoms with Crippen LogP contribution in [-0.2, 0) is 4.74 Å². The van der Waals surface area contributed by atoms with E-state index in [-0.39, 0.29) is 6.09 Å². The molecule has 0 unspecified atom stereocenters. The van der Waals surface area contributed by atoms with Crippen molar-refractivity contribution in [3.63, 3.8) is 0 Å². The summed E-state index contributed by atoms with van der Waals surface area (Å²) in [7, 11) is 0. The van der Waals surface area contributed by atoms with Crippen molar-refractivity contribution < 1.29 is 9.53 Å². The Morgan fingerprint density at radius 2 is 1.43 bits per heavy atom. The Hall–Kier alpha value is -2.74. The molecule has 0 radical (unpaired) electrons. The highest BCUT2D eigenvalue weighted by Gasteiger charge is 2.33. The molecule has 30 heavy (non-hydrogen) atoms. The third-order valence-electron chi connectivity index (χ3n) is 5.75. The average molecular weight is 433 g/mol. The third kappa shape index (κ3) is 3.84. The molecular weight excluding hydrogens is 408 g/mol. The van der Waals surface area contributed by atoms with Crippen LogP contribution in [0.5, 0.6) is 0 Å². The van der Waals surface area contributed by atoms with Gasteiger partial charge < -0.3 is 24.3 Å². The van der Waals surface area contributed by atoms with Crippen LogP contribution in [0.25, 0.3) is 0 Å². The lowest BCUT2D eigenvalue weighted by molar-refractivity contribution is 0.105. The molecule has 0 saturated carbocycles. The fourth-order valence-electron chi connectivity index (χ4n) is 4.14. The van der Waals surface area contributed by atoms with Gasteiger partial charge in [-0.15, -0.1) is 0 Å². The van der Waals surface area contributed by atoms with E-state index in [1.165, 1.54) is 0 Å². The molecule has 9 heteroatoms. The molecule has 2 aliphatic rings. The quantitative estimate of drug-likeness (QED) is 0.678. The third-order valence-corrected chi connectivity index (χ3v) is 5.99. The van der Waals surface area contributed by atoms with Crippen LogP contribution in [0.1, 0.15) is 6.92 Å². The van der Waals surface area contributed by atoms with Gasteiger partial charge in [0.25, 0.3) is 10.9 Å². The van der Waals surface area contributed by atoms with Gasteiger partial charge in [-0.1, -0.05) is 17.7 Å². The van der Waals surface area contributed by atoms with Gasteiger partial charge in [-0.05, 0) is 25.1 Å². The standard InChI is InChI=1S/C21H25ClN4O4/c1-2-30-21(29)26-12-10-25(11-13-26)18-17(19(27)20(18)28)24-8-6-23(7-9-24)16-5-3-4-15(22)14-16/h3-5,14H,2,6-13H2,1H3. The van der Waals surface area contributed by atoms with E-state index in [1.807, 2.05) is 34.1 Å². The lowest BCUT2D eigenvalue weighted by atomic mass is 10.1. The molecule has 1 amide bonds. The summed E-state index contributed by atoms with van der Waals surface area (Å²) in [5.74, 6) is 0. The zero-order valence-electron chi connectivity index (χ0n) is 17.0. The lowest BCUT2D eigenvalue weighted by Gasteiger charge is -2.41. The van der Waals surface area contributed by atoms with E-state index in [4.69, 9.17) is 16.3 Å². The number of hydrogen-bond acceptors (Lipinski definition) is 7. The molecule has 0 bridgehead atoms. The molecule has 2 aromatic rings. The van der Waals surface area contributed by atoms with E-state index in [9.17, 15) is 14.4 Å². The first-order valence-electron chi connectivity index (χ1n) is 10.2. The predicted octanol–water partition coefficient (Wildman–Crippen LogP) is 1.54. The molecule has 2 heterocycles. The summed E-state index contributed by atoms with van der Waals surface area (Å²) in [5.41, 5.74) is 1.25. The summed E-state index contributed by atoms with van der Waals surface area (Å²) in [6.45, 7) is 6.89. The highest BCUT2D eigenvalue weighted by molar-refractivity contribution is 6.30. The smallest absolute Gasteiger partial charge is 0.409 e. The Labute approximate surface area is 179 Å². The summed E-state index contributed by atoms with van der Waals surface area (Å²) < 4.78 is 5.04. The van der Waals surface area contributed by atoms with Gasteiger partial charge in [0.15, 0.2) is 0 Å². The van der Waals surface area contributed by atoms with E-state index < -0.39 is 10.9 Å². The number of piperazine rings is 2. The van der Waals surface area contributed by atoms with Gasteiger partial charge in [-0.2, -0.15) is 0 Å². The van der Waals surface area contributed by atoms with Crippen molar-refractivity contribution in [1.82, 2.24) is 4.90 Å². The van der Waals surface area contributed by atoms with E-state index in [0.29, 0.717) is 62.3 Å². The monoisotopic (exact) mass is 432 g/mol. The molecule has 4 rings (SSSR count). The van der Waals surface area contributed by atoms with Crippen LogP contribution in [0.15, 0.2) is 33.9 Å². The van der Waals surface area contributed by atoms with Crippen molar-refractivity contribution in [3.05, 3.63) is 49.7 Å². The molecule has 0 atom stereocenters. The normalized spacial score (nSPS) is 17.5. The minimum Gasteiger partial charge on any atom is -0.450 e. The molecule has 0 aliphatic carbocycles. The number of carbonyl (C=O) groups is 1. The number of amides is 1. The van der Waals surface area contributed by atoms with Gasteiger partial charge in [0, 0.05) is 63.1 Å². The van der Waals surface area contributed by atoms with Crippen LogP contribution in [-0.4, -0.2) is 70.0 Å². The van der Waals surface area contributed by atoms with Gasteiger partial charge in [-0.3, -0.25) is 9.59 Å². The first-order valence-corrected chi connectivity index (χ1v) is 10.6. The second-order valence-electron chi connectivity index (χ2n) is 7.48. The van der Waals surface area contributed by atoms with Crippen molar-refractivity contribution >= 4 is 34.8 Å².